The molecule has 0 saturated heterocycles. The monoisotopic (exact) mass is 191 g/mol. The van der Waals surface area contributed by atoms with Crippen LogP contribution in [-0.2, 0) is 13.5 Å². The van der Waals surface area contributed by atoms with Crippen molar-refractivity contribution in [3.05, 3.63) is 30.1 Å². The Balaban J connectivity index is 2.51. The van der Waals surface area contributed by atoms with E-state index in [4.69, 9.17) is 10.8 Å². The second-order valence-corrected chi connectivity index (χ2v) is 3.35. The van der Waals surface area contributed by atoms with E-state index >= 15 is 0 Å². The third kappa shape index (κ3) is 1.49. The van der Waals surface area contributed by atoms with Crippen molar-refractivity contribution in [2.45, 2.75) is 12.6 Å². The van der Waals surface area contributed by atoms with Gasteiger partial charge in [0.15, 0.2) is 0 Å². The molecule has 2 aromatic rings. The predicted molar refractivity (Wildman–Crippen MR) is 54.6 cm³/mol. The summed E-state index contributed by atoms with van der Waals surface area (Å²) in [6.45, 7) is 0. The van der Waals surface area contributed by atoms with Crippen LogP contribution >= 0.6 is 0 Å². The molecule has 0 spiro atoms. The highest BCUT2D eigenvalue weighted by molar-refractivity contribution is 5.75. The van der Waals surface area contributed by atoms with Crippen LogP contribution < -0.4 is 5.73 Å². The average Bonchev–Trinajstić information content (AvgIpc) is 2.44. The van der Waals surface area contributed by atoms with E-state index in [0.717, 1.165) is 16.9 Å². The van der Waals surface area contributed by atoms with E-state index < -0.39 is 6.23 Å². The first-order chi connectivity index (χ1) is 6.68. The normalized spacial score (nSPS) is 13.4. The predicted octanol–water partition coefficient (Wildman–Crippen LogP) is 0.393. The Kier molecular flexibility index (Phi) is 2.23. The van der Waals surface area contributed by atoms with Crippen molar-refractivity contribution in [3.63, 3.8) is 0 Å². The molecule has 0 saturated carbocycles. The highest BCUT2D eigenvalue weighted by Gasteiger charge is 2.08. The molecular weight excluding hydrogens is 178 g/mol. The second kappa shape index (κ2) is 3.40. The lowest BCUT2D eigenvalue weighted by Gasteiger charge is -2.03. The van der Waals surface area contributed by atoms with Crippen molar-refractivity contribution in [1.29, 1.82) is 0 Å². The van der Waals surface area contributed by atoms with Crippen molar-refractivity contribution in [2.75, 3.05) is 0 Å². The quantitative estimate of drug-likeness (QED) is 0.675. The van der Waals surface area contributed by atoms with Crippen LogP contribution in [0.15, 0.2) is 24.3 Å². The Morgan fingerprint density at radius 1 is 1.50 bits per heavy atom. The van der Waals surface area contributed by atoms with Gasteiger partial charge in [0, 0.05) is 13.5 Å². The molecule has 0 aliphatic carbocycles. The number of hydrogen-bond acceptors (Lipinski definition) is 3. The molecule has 0 bridgehead atoms. The molecule has 1 unspecified atom stereocenters. The number of aryl methyl sites for hydroxylation is 1. The molecule has 0 radical (unpaired) electrons. The average molecular weight is 191 g/mol. The summed E-state index contributed by atoms with van der Waals surface area (Å²) in [6.07, 6.45) is -0.462. The number of aliphatic hydroxyl groups excluding tert-OH is 1. The zero-order valence-corrected chi connectivity index (χ0v) is 8.01. The lowest BCUT2D eigenvalue weighted by atomic mass is 10.3. The SMILES string of the molecule is Cn1c(CC(N)O)nc2ccccc21. The maximum Gasteiger partial charge on any atom is 0.113 e. The Hall–Kier alpha value is -1.39. The number of imidazole rings is 1. The molecule has 3 N–H and O–H groups in total. The molecule has 1 heterocycles. The van der Waals surface area contributed by atoms with Crippen LogP contribution in [0, 0.1) is 0 Å². The molecule has 1 atom stereocenters. The maximum absolute atomic E-state index is 9.08. The molecule has 4 heteroatoms. The van der Waals surface area contributed by atoms with Gasteiger partial charge in [0.2, 0.25) is 0 Å². The van der Waals surface area contributed by atoms with Crippen LogP contribution in [0.4, 0.5) is 0 Å². The van der Waals surface area contributed by atoms with Gasteiger partial charge in [-0.3, -0.25) is 0 Å². The molecular formula is C10H13N3O. The molecule has 1 aromatic carbocycles. The summed E-state index contributed by atoms with van der Waals surface area (Å²) in [5.74, 6) is 0.807. The van der Waals surface area contributed by atoms with E-state index in [-0.39, 0.29) is 0 Å². The zero-order valence-electron chi connectivity index (χ0n) is 8.01. The van der Waals surface area contributed by atoms with Gasteiger partial charge >= 0.3 is 0 Å². The fraction of sp³-hybridized carbons (Fsp3) is 0.300. The number of nitrogens with zero attached hydrogens (tertiary/aromatic N) is 2. The Morgan fingerprint density at radius 2 is 2.21 bits per heavy atom. The number of para-hydroxylation sites is 2. The number of aromatic nitrogens is 2. The third-order valence-corrected chi connectivity index (χ3v) is 2.27. The van der Waals surface area contributed by atoms with Crippen molar-refractivity contribution >= 4 is 11.0 Å². The van der Waals surface area contributed by atoms with E-state index in [9.17, 15) is 0 Å². The van der Waals surface area contributed by atoms with E-state index in [1.54, 1.807) is 0 Å². The van der Waals surface area contributed by atoms with E-state index in [1.165, 1.54) is 0 Å². The van der Waals surface area contributed by atoms with Crippen LogP contribution in [0.3, 0.4) is 0 Å². The summed E-state index contributed by atoms with van der Waals surface area (Å²) < 4.78 is 1.95. The summed E-state index contributed by atoms with van der Waals surface area (Å²) >= 11 is 0. The minimum absolute atomic E-state index is 0.380. The van der Waals surface area contributed by atoms with Crippen molar-refractivity contribution in [2.24, 2.45) is 12.8 Å². The topological polar surface area (TPSA) is 64.1 Å². The smallest absolute Gasteiger partial charge is 0.113 e. The van der Waals surface area contributed by atoms with Gasteiger partial charge in [-0.15, -0.1) is 0 Å². The first-order valence-corrected chi connectivity index (χ1v) is 4.52. The standard InChI is InChI=1S/C10H13N3O/c1-13-8-5-3-2-4-7(8)12-10(13)6-9(11)14/h2-5,9,14H,6,11H2,1H3. The summed E-state index contributed by atoms with van der Waals surface area (Å²) in [6, 6.07) is 7.85. The van der Waals surface area contributed by atoms with Crippen molar-refractivity contribution < 1.29 is 5.11 Å². The van der Waals surface area contributed by atoms with Crippen LogP contribution in [0.5, 0.6) is 0 Å². The fourth-order valence-electron chi connectivity index (χ4n) is 1.57. The summed E-state index contributed by atoms with van der Waals surface area (Å²) in [7, 11) is 1.92. The van der Waals surface area contributed by atoms with Crippen molar-refractivity contribution in [3.8, 4) is 0 Å². The van der Waals surface area contributed by atoms with Gasteiger partial charge in [-0.2, -0.15) is 0 Å². The van der Waals surface area contributed by atoms with E-state index in [2.05, 4.69) is 4.98 Å². The summed E-state index contributed by atoms with van der Waals surface area (Å²) in [5.41, 5.74) is 7.31. The molecule has 0 aliphatic rings. The van der Waals surface area contributed by atoms with Crippen LogP contribution in [0.25, 0.3) is 11.0 Å². The molecule has 74 valence electrons. The Bertz CT molecular complexity index is 448. The molecule has 14 heavy (non-hydrogen) atoms. The largest absolute Gasteiger partial charge is 0.378 e. The molecule has 0 amide bonds. The highest BCUT2D eigenvalue weighted by atomic mass is 16.3. The van der Waals surface area contributed by atoms with Crippen molar-refractivity contribution in [1.82, 2.24) is 9.55 Å². The van der Waals surface area contributed by atoms with Gasteiger partial charge < -0.3 is 15.4 Å². The number of benzene rings is 1. The van der Waals surface area contributed by atoms with Crippen LogP contribution in [-0.4, -0.2) is 20.9 Å². The number of hydrogen-bond donors (Lipinski definition) is 2. The summed E-state index contributed by atoms with van der Waals surface area (Å²) in [5, 5.41) is 9.08. The number of rotatable bonds is 2. The Morgan fingerprint density at radius 3 is 2.86 bits per heavy atom. The van der Waals surface area contributed by atoms with Gasteiger partial charge in [-0.1, -0.05) is 12.1 Å². The summed E-state index contributed by atoms with van der Waals surface area (Å²) in [4.78, 5) is 4.38. The third-order valence-electron chi connectivity index (χ3n) is 2.27. The number of aliphatic hydroxyl groups is 1. The first-order valence-electron chi connectivity index (χ1n) is 4.52. The van der Waals surface area contributed by atoms with E-state index in [1.807, 2.05) is 35.9 Å². The van der Waals surface area contributed by atoms with Crippen LogP contribution in [0.2, 0.25) is 0 Å². The van der Waals surface area contributed by atoms with Crippen LogP contribution in [0.1, 0.15) is 5.82 Å². The van der Waals surface area contributed by atoms with Gasteiger partial charge in [0.25, 0.3) is 0 Å². The highest BCUT2D eigenvalue weighted by Crippen LogP contribution is 2.14. The minimum atomic E-state index is -0.842. The molecule has 0 aliphatic heterocycles. The lowest BCUT2D eigenvalue weighted by Crippen LogP contribution is -2.23. The lowest BCUT2D eigenvalue weighted by molar-refractivity contribution is 0.179. The molecule has 4 nitrogen and oxygen atoms in total. The maximum atomic E-state index is 9.08. The Labute approximate surface area is 82.0 Å². The van der Waals surface area contributed by atoms with Gasteiger partial charge in [0.05, 0.1) is 11.0 Å². The van der Waals surface area contributed by atoms with E-state index in [0.29, 0.717) is 6.42 Å². The van der Waals surface area contributed by atoms with Gasteiger partial charge in [-0.25, -0.2) is 4.98 Å². The second-order valence-electron chi connectivity index (χ2n) is 3.35. The number of nitrogens with two attached hydrogens (primary N) is 1. The first kappa shape index (κ1) is 9.18. The molecule has 1 aromatic heterocycles. The zero-order chi connectivity index (χ0) is 10.1. The number of fused-ring (bicyclic) bond motifs is 1. The molecule has 0 fully saturated rings. The fourth-order valence-corrected chi connectivity index (χ4v) is 1.57. The van der Waals surface area contributed by atoms with Gasteiger partial charge in [-0.05, 0) is 12.1 Å². The molecule has 2 rings (SSSR count). The van der Waals surface area contributed by atoms with Gasteiger partial charge in [0.1, 0.15) is 12.1 Å². The minimum Gasteiger partial charge on any atom is -0.378 e.